The first-order valence-corrected chi connectivity index (χ1v) is 12.4. The van der Waals surface area contributed by atoms with E-state index in [4.69, 9.17) is 4.42 Å². The number of hydrogen-bond acceptors (Lipinski definition) is 5. The minimum Gasteiger partial charge on any atom is -0.451 e. The van der Waals surface area contributed by atoms with Crippen LogP contribution in [0.15, 0.2) is 34.7 Å². The van der Waals surface area contributed by atoms with Crippen LogP contribution in [0.3, 0.4) is 0 Å². The first-order valence-electron chi connectivity index (χ1n) is 12.4. The Morgan fingerprint density at radius 2 is 2.00 bits per heavy atom. The second-order valence-corrected chi connectivity index (χ2v) is 9.46. The molecule has 2 aliphatic rings. The maximum absolute atomic E-state index is 12.9. The molecule has 1 aliphatic carbocycles. The molecule has 0 radical (unpaired) electrons. The lowest BCUT2D eigenvalue weighted by atomic mass is 9.83. The van der Waals surface area contributed by atoms with Crippen molar-refractivity contribution in [3.8, 4) is 11.3 Å². The molecular weight excluding hydrogens is 446 g/mol. The molecule has 1 saturated heterocycles. The van der Waals surface area contributed by atoms with Gasteiger partial charge in [0, 0.05) is 25.6 Å². The van der Waals surface area contributed by atoms with Gasteiger partial charge in [0.2, 0.25) is 11.8 Å². The summed E-state index contributed by atoms with van der Waals surface area (Å²) >= 11 is 0. The van der Waals surface area contributed by atoms with E-state index in [0.29, 0.717) is 18.7 Å². The first kappa shape index (κ1) is 23.1. The predicted molar refractivity (Wildman–Crippen MR) is 130 cm³/mol. The van der Waals surface area contributed by atoms with Crippen molar-refractivity contribution in [2.45, 2.75) is 57.5 Å². The zero-order valence-electron chi connectivity index (χ0n) is 19.9. The Kier molecular flexibility index (Phi) is 6.57. The Hall–Kier alpha value is -3.62. The van der Waals surface area contributed by atoms with Gasteiger partial charge in [-0.1, -0.05) is 19.3 Å². The normalized spacial score (nSPS) is 17.6. The lowest BCUT2D eigenvalue weighted by molar-refractivity contribution is -0.128. The van der Waals surface area contributed by atoms with Gasteiger partial charge >= 0.3 is 0 Å². The molecule has 35 heavy (non-hydrogen) atoms. The van der Waals surface area contributed by atoms with E-state index >= 15 is 0 Å². The van der Waals surface area contributed by atoms with Gasteiger partial charge in [-0.2, -0.15) is 0 Å². The number of imidazole rings is 1. The number of furan rings is 1. The summed E-state index contributed by atoms with van der Waals surface area (Å²) in [6.07, 6.45) is 6.67. The molecule has 1 aliphatic heterocycles. The highest BCUT2D eigenvalue weighted by Crippen LogP contribution is 2.28. The van der Waals surface area contributed by atoms with Gasteiger partial charge in [-0.3, -0.25) is 14.4 Å². The van der Waals surface area contributed by atoms with Gasteiger partial charge < -0.3 is 24.9 Å². The highest BCUT2D eigenvalue weighted by molar-refractivity contribution is 5.96. The van der Waals surface area contributed by atoms with E-state index in [1.807, 2.05) is 23.1 Å². The van der Waals surface area contributed by atoms with Gasteiger partial charge in [-0.15, -0.1) is 0 Å². The van der Waals surface area contributed by atoms with E-state index in [1.54, 1.807) is 19.2 Å². The summed E-state index contributed by atoms with van der Waals surface area (Å²) in [5.74, 6) is 1.20. The monoisotopic (exact) mass is 477 g/mol. The van der Waals surface area contributed by atoms with E-state index in [9.17, 15) is 14.4 Å². The molecule has 0 bridgehead atoms. The fraction of sp³-hybridized carbons (Fsp3) is 0.462. The smallest absolute Gasteiger partial charge is 0.287 e. The van der Waals surface area contributed by atoms with Crippen molar-refractivity contribution < 1.29 is 18.8 Å². The molecule has 184 valence electrons. The molecule has 0 spiro atoms. The largest absolute Gasteiger partial charge is 0.451 e. The van der Waals surface area contributed by atoms with Gasteiger partial charge in [0.25, 0.3) is 5.91 Å². The second-order valence-electron chi connectivity index (χ2n) is 9.46. The number of H-pyrrole nitrogens is 1. The molecule has 1 aromatic carbocycles. The fourth-order valence-electron chi connectivity index (χ4n) is 5.19. The van der Waals surface area contributed by atoms with Crippen molar-refractivity contribution in [2.24, 2.45) is 5.92 Å². The van der Waals surface area contributed by atoms with Crippen LogP contribution in [-0.4, -0.2) is 52.2 Å². The zero-order valence-corrected chi connectivity index (χ0v) is 19.9. The number of amides is 3. The number of nitrogens with one attached hydrogen (secondary N) is 3. The third kappa shape index (κ3) is 4.94. The SMILES string of the molecule is CNC(=O)C(NC(=O)c1ccc(-c2ccc3nc(CN4CCCC4=O)[nH]c3c2)o1)C1CCCCC1. The molecule has 1 atom stereocenters. The number of nitrogens with zero attached hydrogens (tertiary/aromatic N) is 2. The number of aromatic nitrogens is 2. The standard InChI is InChI=1S/C26H31N5O4/c1-27-26(34)24(16-6-3-2-4-7-16)30-25(33)21-12-11-20(35-21)17-9-10-18-19(14-17)29-22(28-18)15-31-13-5-8-23(31)32/h9-12,14,16,24H,2-8,13,15H2,1H3,(H,27,34)(H,28,29)(H,30,33). The lowest BCUT2D eigenvalue weighted by Crippen LogP contribution is -2.50. The van der Waals surface area contributed by atoms with Crippen LogP contribution in [-0.2, 0) is 16.1 Å². The third-order valence-electron chi connectivity index (χ3n) is 7.09. The summed E-state index contributed by atoms with van der Waals surface area (Å²) in [5, 5.41) is 5.58. The highest BCUT2D eigenvalue weighted by atomic mass is 16.4. The molecule has 3 N–H and O–H groups in total. The summed E-state index contributed by atoms with van der Waals surface area (Å²) in [4.78, 5) is 47.0. The predicted octanol–water partition coefficient (Wildman–Crippen LogP) is 3.37. The Morgan fingerprint density at radius 3 is 2.74 bits per heavy atom. The zero-order chi connectivity index (χ0) is 24.4. The average molecular weight is 478 g/mol. The number of rotatable bonds is 7. The lowest BCUT2D eigenvalue weighted by Gasteiger charge is -2.29. The minimum absolute atomic E-state index is 0.134. The van der Waals surface area contributed by atoms with Gasteiger partial charge in [0.15, 0.2) is 5.76 Å². The van der Waals surface area contributed by atoms with Crippen LogP contribution in [0.2, 0.25) is 0 Å². The molecule has 9 nitrogen and oxygen atoms in total. The minimum atomic E-state index is -0.566. The van der Waals surface area contributed by atoms with E-state index in [1.165, 1.54) is 6.42 Å². The number of likely N-dealkylation sites (tertiary alicyclic amines) is 1. The molecule has 2 aromatic heterocycles. The summed E-state index contributed by atoms with van der Waals surface area (Å²) in [7, 11) is 1.59. The molecule has 1 saturated carbocycles. The molecule has 2 fully saturated rings. The van der Waals surface area contributed by atoms with Crippen molar-refractivity contribution >= 4 is 28.8 Å². The number of hydrogen-bond donors (Lipinski definition) is 3. The van der Waals surface area contributed by atoms with Crippen LogP contribution in [0.1, 0.15) is 61.3 Å². The number of carbonyl (C=O) groups excluding carboxylic acids is 3. The van der Waals surface area contributed by atoms with E-state index in [2.05, 4.69) is 20.6 Å². The van der Waals surface area contributed by atoms with Crippen LogP contribution in [0.5, 0.6) is 0 Å². The maximum Gasteiger partial charge on any atom is 0.287 e. The number of fused-ring (bicyclic) bond motifs is 1. The first-order chi connectivity index (χ1) is 17.0. The second kappa shape index (κ2) is 9.93. The van der Waals surface area contributed by atoms with Crippen LogP contribution in [0, 0.1) is 5.92 Å². The fourth-order valence-corrected chi connectivity index (χ4v) is 5.19. The van der Waals surface area contributed by atoms with Crippen molar-refractivity contribution in [3.05, 3.63) is 41.9 Å². The number of carbonyl (C=O) groups is 3. The van der Waals surface area contributed by atoms with Gasteiger partial charge in [0.05, 0.1) is 17.6 Å². The van der Waals surface area contributed by atoms with Crippen molar-refractivity contribution in [1.29, 1.82) is 0 Å². The molecular formula is C26H31N5O4. The molecule has 3 heterocycles. The average Bonchev–Trinajstić information content (AvgIpc) is 3.62. The summed E-state index contributed by atoms with van der Waals surface area (Å²) in [5.41, 5.74) is 2.45. The van der Waals surface area contributed by atoms with Crippen LogP contribution < -0.4 is 10.6 Å². The molecule has 9 heteroatoms. The van der Waals surface area contributed by atoms with E-state index < -0.39 is 11.9 Å². The Balaban J connectivity index is 1.30. The van der Waals surface area contributed by atoms with Gasteiger partial charge in [-0.05, 0) is 55.5 Å². The van der Waals surface area contributed by atoms with Gasteiger partial charge in [-0.25, -0.2) is 4.98 Å². The van der Waals surface area contributed by atoms with E-state index in [0.717, 1.165) is 61.1 Å². The maximum atomic E-state index is 12.9. The van der Waals surface area contributed by atoms with Crippen LogP contribution in [0.25, 0.3) is 22.4 Å². The van der Waals surface area contributed by atoms with Crippen molar-refractivity contribution in [3.63, 3.8) is 0 Å². The molecule has 3 aromatic rings. The molecule has 1 unspecified atom stereocenters. The summed E-state index contributed by atoms with van der Waals surface area (Å²) in [6, 6.07) is 8.53. The Labute approximate surface area is 203 Å². The molecule has 5 rings (SSSR count). The quantitative estimate of drug-likeness (QED) is 0.482. The third-order valence-corrected chi connectivity index (χ3v) is 7.09. The van der Waals surface area contributed by atoms with Gasteiger partial charge in [0.1, 0.15) is 17.6 Å². The van der Waals surface area contributed by atoms with Crippen molar-refractivity contribution in [2.75, 3.05) is 13.6 Å². The number of likely N-dealkylation sites (N-methyl/N-ethyl adjacent to an activating group) is 1. The van der Waals surface area contributed by atoms with Crippen LogP contribution >= 0.6 is 0 Å². The topological polar surface area (TPSA) is 120 Å². The number of benzene rings is 1. The highest BCUT2D eigenvalue weighted by Gasteiger charge is 2.31. The number of aromatic amines is 1. The summed E-state index contributed by atoms with van der Waals surface area (Å²) < 4.78 is 5.88. The van der Waals surface area contributed by atoms with Crippen LogP contribution in [0.4, 0.5) is 0 Å². The van der Waals surface area contributed by atoms with Crippen molar-refractivity contribution in [1.82, 2.24) is 25.5 Å². The summed E-state index contributed by atoms with van der Waals surface area (Å²) in [6.45, 7) is 1.24. The molecule has 3 amide bonds. The Bertz CT molecular complexity index is 1240. The Morgan fingerprint density at radius 1 is 1.17 bits per heavy atom. The van der Waals surface area contributed by atoms with E-state index in [-0.39, 0.29) is 23.5 Å².